The van der Waals surface area contributed by atoms with Gasteiger partial charge in [0.05, 0.1) is 17.8 Å². The van der Waals surface area contributed by atoms with Crippen molar-refractivity contribution in [1.29, 1.82) is 0 Å². The van der Waals surface area contributed by atoms with Crippen LogP contribution in [-0.4, -0.2) is 18.9 Å². The normalized spacial score (nSPS) is 10.2. The van der Waals surface area contributed by atoms with Gasteiger partial charge in [0.25, 0.3) is 0 Å². The minimum absolute atomic E-state index is 0.199. The topological polar surface area (TPSA) is 49.4 Å². The molecule has 0 saturated heterocycles. The molecular formula is C15H15FN2O2S. The molecule has 0 atom stereocenters. The first kappa shape index (κ1) is 15.2. The van der Waals surface area contributed by atoms with Crippen LogP contribution in [0.2, 0.25) is 0 Å². The molecule has 0 fully saturated rings. The van der Waals surface area contributed by atoms with Gasteiger partial charge in [-0.05, 0) is 29.6 Å². The van der Waals surface area contributed by atoms with Gasteiger partial charge in [-0.2, -0.15) is 0 Å². The second-order valence-electron chi connectivity index (χ2n) is 4.54. The minimum Gasteiger partial charge on any atom is -0.324 e. The predicted molar refractivity (Wildman–Crippen MR) is 82.1 cm³/mol. The predicted octanol–water partition coefficient (Wildman–Crippen LogP) is 3.05. The smallest absolute Gasteiger partial charge is 0.229 e. The number of anilines is 2. The van der Waals surface area contributed by atoms with Crippen molar-refractivity contribution in [3.05, 3.63) is 46.4 Å². The maximum Gasteiger partial charge on any atom is 0.229 e. The van der Waals surface area contributed by atoms with Crippen LogP contribution in [0.25, 0.3) is 0 Å². The van der Waals surface area contributed by atoms with Crippen molar-refractivity contribution in [2.75, 3.05) is 17.3 Å². The average Bonchev–Trinajstić information content (AvgIpc) is 2.90. The Morgan fingerprint density at radius 1 is 1.33 bits per heavy atom. The molecule has 0 bridgehead atoms. The fourth-order valence-corrected chi connectivity index (χ4v) is 2.54. The fourth-order valence-electron chi connectivity index (χ4n) is 1.84. The van der Waals surface area contributed by atoms with Gasteiger partial charge in [-0.1, -0.05) is 6.07 Å². The Labute approximate surface area is 126 Å². The Kier molecular flexibility index (Phi) is 4.70. The van der Waals surface area contributed by atoms with Crippen LogP contribution in [0.15, 0.2) is 35.7 Å². The van der Waals surface area contributed by atoms with Gasteiger partial charge in [0.15, 0.2) is 0 Å². The average molecular weight is 306 g/mol. The summed E-state index contributed by atoms with van der Waals surface area (Å²) in [6, 6.07) is 7.66. The third kappa shape index (κ3) is 3.88. The van der Waals surface area contributed by atoms with Crippen LogP contribution in [0.5, 0.6) is 0 Å². The molecule has 110 valence electrons. The Hall–Kier alpha value is -2.21. The molecule has 6 heteroatoms. The second kappa shape index (κ2) is 6.49. The first-order valence-electron chi connectivity index (χ1n) is 6.33. The number of nitrogens with one attached hydrogen (secondary N) is 1. The van der Waals surface area contributed by atoms with E-state index >= 15 is 0 Å². The van der Waals surface area contributed by atoms with Crippen molar-refractivity contribution in [3.8, 4) is 0 Å². The summed E-state index contributed by atoms with van der Waals surface area (Å²) in [5.74, 6) is -0.918. The van der Waals surface area contributed by atoms with Gasteiger partial charge < -0.3 is 10.2 Å². The third-order valence-corrected chi connectivity index (χ3v) is 3.86. The van der Waals surface area contributed by atoms with E-state index in [-0.39, 0.29) is 23.9 Å². The van der Waals surface area contributed by atoms with E-state index < -0.39 is 5.82 Å². The van der Waals surface area contributed by atoms with Gasteiger partial charge in [0, 0.05) is 18.8 Å². The summed E-state index contributed by atoms with van der Waals surface area (Å²) in [6.45, 7) is 1.40. The van der Waals surface area contributed by atoms with Gasteiger partial charge in [0.1, 0.15) is 5.82 Å². The summed E-state index contributed by atoms with van der Waals surface area (Å²) in [4.78, 5) is 25.7. The summed E-state index contributed by atoms with van der Waals surface area (Å²) >= 11 is 1.48. The molecule has 0 saturated carbocycles. The molecule has 1 N–H and O–H groups in total. The Morgan fingerprint density at radius 3 is 2.71 bits per heavy atom. The maximum atomic E-state index is 13.4. The quantitative estimate of drug-likeness (QED) is 0.944. The molecule has 2 amide bonds. The van der Waals surface area contributed by atoms with E-state index in [1.54, 1.807) is 7.05 Å². The van der Waals surface area contributed by atoms with E-state index in [9.17, 15) is 14.0 Å². The number of amides is 2. The molecule has 1 aromatic heterocycles. The molecule has 0 spiro atoms. The highest BCUT2D eigenvalue weighted by molar-refractivity contribution is 7.10. The van der Waals surface area contributed by atoms with Gasteiger partial charge in [0.2, 0.25) is 11.8 Å². The van der Waals surface area contributed by atoms with E-state index in [2.05, 4.69) is 5.32 Å². The summed E-state index contributed by atoms with van der Waals surface area (Å²) in [6.07, 6.45) is 0.220. The zero-order chi connectivity index (χ0) is 15.4. The van der Waals surface area contributed by atoms with Crippen LogP contribution in [0.3, 0.4) is 0 Å². The highest BCUT2D eigenvalue weighted by Crippen LogP contribution is 2.26. The molecule has 0 aliphatic heterocycles. The lowest BCUT2D eigenvalue weighted by Gasteiger charge is -2.19. The Bertz CT molecular complexity index is 656. The van der Waals surface area contributed by atoms with E-state index in [1.807, 2.05) is 17.5 Å². The number of carbonyl (C=O) groups excluding carboxylic acids is 2. The minimum atomic E-state index is -0.470. The van der Waals surface area contributed by atoms with Crippen LogP contribution in [0.4, 0.5) is 15.8 Å². The summed E-state index contributed by atoms with van der Waals surface area (Å²) in [5.41, 5.74) is 0.748. The van der Waals surface area contributed by atoms with Gasteiger partial charge in [-0.25, -0.2) is 4.39 Å². The summed E-state index contributed by atoms with van der Waals surface area (Å²) in [5, 5.41) is 4.55. The van der Waals surface area contributed by atoms with Crippen LogP contribution >= 0.6 is 11.3 Å². The number of hydrogen-bond donors (Lipinski definition) is 1. The van der Waals surface area contributed by atoms with Crippen molar-refractivity contribution in [3.63, 3.8) is 0 Å². The van der Waals surface area contributed by atoms with Crippen molar-refractivity contribution >= 4 is 34.5 Å². The number of rotatable bonds is 4. The maximum absolute atomic E-state index is 13.4. The third-order valence-electron chi connectivity index (χ3n) is 2.98. The van der Waals surface area contributed by atoms with Crippen molar-refractivity contribution < 1.29 is 14.0 Å². The number of hydrogen-bond acceptors (Lipinski definition) is 3. The second-order valence-corrected chi connectivity index (χ2v) is 5.58. The molecule has 2 aromatic rings. The zero-order valence-electron chi connectivity index (χ0n) is 11.7. The molecule has 0 radical (unpaired) electrons. The monoisotopic (exact) mass is 306 g/mol. The molecule has 2 rings (SSSR count). The van der Waals surface area contributed by atoms with Crippen molar-refractivity contribution in [2.24, 2.45) is 0 Å². The number of carbonyl (C=O) groups is 2. The van der Waals surface area contributed by atoms with Gasteiger partial charge in [-0.3, -0.25) is 9.59 Å². The van der Waals surface area contributed by atoms with Crippen LogP contribution in [-0.2, 0) is 16.0 Å². The Morgan fingerprint density at radius 2 is 2.10 bits per heavy atom. The first-order valence-corrected chi connectivity index (χ1v) is 7.21. The molecule has 0 aliphatic rings. The highest BCUT2D eigenvalue weighted by Gasteiger charge is 2.14. The number of nitrogens with zero attached hydrogens (tertiary/aromatic N) is 1. The van der Waals surface area contributed by atoms with E-state index in [0.29, 0.717) is 5.69 Å². The van der Waals surface area contributed by atoms with Crippen LogP contribution < -0.4 is 10.2 Å². The summed E-state index contributed by atoms with van der Waals surface area (Å²) < 4.78 is 13.4. The number of halogens is 1. The van der Waals surface area contributed by atoms with Crippen LogP contribution in [0, 0.1) is 5.82 Å². The van der Waals surface area contributed by atoms with E-state index in [1.165, 1.54) is 41.4 Å². The molecule has 21 heavy (non-hydrogen) atoms. The molecule has 4 nitrogen and oxygen atoms in total. The lowest BCUT2D eigenvalue weighted by Crippen LogP contribution is -2.25. The van der Waals surface area contributed by atoms with Gasteiger partial charge >= 0.3 is 0 Å². The molecule has 0 aliphatic carbocycles. The molecule has 0 unspecified atom stereocenters. The van der Waals surface area contributed by atoms with Crippen molar-refractivity contribution in [1.82, 2.24) is 0 Å². The first-order chi connectivity index (χ1) is 9.97. The largest absolute Gasteiger partial charge is 0.324 e. The van der Waals surface area contributed by atoms with E-state index in [0.717, 1.165) is 4.88 Å². The lowest BCUT2D eigenvalue weighted by molar-refractivity contribution is -0.117. The zero-order valence-corrected chi connectivity index (χ0v) is 12.5. The lowest BCUT2D eigenvalue weighted by atomic mass is 10.2. The molecular weight excluding hydrogens is 291 g/mol. The number of thiophene rings is 1. The highest BCUT2D eigenvalue weighted by atomic mass is 32.1. The van der Waals surface area contributed by atoms with Crippen molar-refractivity contribution in [2.45, 2.75) is 13.3 Å². The Balaban J connectivity index is 2.20. The van der Waals surface area contributed by atoms with Gasteiger partial charge in [-0.15, -0.1) is 11.3 Å². The number of benzene rings is 1. The standard InChI is InChI=1S/C15H15FN2O2S/c1-10(19)18(2)14-6-5-11(16)8-13(14)17-15(20)9-12-4-3-7-21-12/h3-8H,9H2,1-2H3,(H,17,20). The molecule has 1 heterocycles. The SMILES string of the molecule is CC(=O)N(C)c1ccc(F)cc1NC(=O)Cc1cccs1. The summed E-state index contributed by atoms with van der Waals surface area (Å²) in [7, 11) is 1.57. The molecule has 1 aromatic carbocycles. The van der Waals surface area contributed by atoms with E-state index in [4.69, 9.17) is 0 Å². The fraction of sp³-hybridized carbons (Fsp3) is 0.200. The van der Waals surface area contributed by atoms with Crippen LogP contribution in [0.1, 0.15) is 11.8 Å².